The van der Waals surface area contributed by atoms with Gasteiger partial charge in [-0.3, -0.25) is 4.68 Å². The van der Waals surface area contributed by atoms with Gasteiger partial charge in [0.2, 0.25) is 0 Å². The van der Waals surface area contributed by atoms with E-state index in [9.17, 15) is 5.11 Å². The van der Waals surface area contributed by atoms with Crippen molar-refractivity contribution in [3.8, 4) is 28.3 Å². The van der Waals surface area contributed by atoms with Gasteiger partial charge in [-0.05, 0) is 32.8 Å². The molecule has 2 aromatic carbocycles. The van der Waals surface area contributed by atoms with E-state index in [-0.39, 0.29) is 0 Å². The highest BCUT2D eigenvalue weighted by Crippen LogP contribution is 2.41. The number of nitrogens with zero attached hydrogens (tertiary/aromatic N) is 4. The molecule has 1 N–H and O–H groups in total. The van der Waals surface area contributed by atoms with Gasteiger partial charge < -0.3 is 9.84 Å². The molecule has 1 fully saturated rings. The fourth-order valence-corrected chi connectivity index (χ4v) is 3.82. The molecule has 0 aliphatic heterocycles. The smallest absolute Gasteiger partial charge is 0.127 e. The largest absolute Gasteiger partial charge is 0.493 e. The summed E-state index contributed by atoms with van der Waals surface area (Å²) in [6, 6.07) is 14.5. The lowest BCUT2D eigenvalue weighted by Crippen LogP contribution is -2.01. The lowest BCUT2D eigenvalue weighted by Gasteiger charge is -2.15. The first-order chi connectivity index (χ1) is 14.7. The van der Waals surface area contributed by atoms with E-state index >= 15 is 0 Å². The molecule has 0 bridgehead atoms. The van der Waals surface area contributed by atoms with Gasteiger partial charge in [-0.1, -0.05) is 30.3 Å². The summed E-state index contributed by atoms with van der Waals surface area (Å²) in [5, 5.41) is 16.1. The van der Waals surface area contributed by atoms with Gasteiger partial charge in [0, 0.05) is 34.3 Å². The Morgan fingerprint density at radius 3 is 2.63 bits per heavy atom. The molecule has 2 aromatic heterocycles. The molecule has 30 heavy (non-hydrogen) atoms. The minimum atomic E-state index is -0.660. The summed E-state index contributed by atoms with van der Waals surface area (Å²) in [4.78, 5) is 9.11. The van der Waals surface area contributed by atoms with E-state index in [4.69, 9.17) is 9.84 Å². The number of hydrogen-bond donors (Lipinski definition) is 1. The molecule has 152 valence electrons. The number of fused-ring (bicyclic) bond motifs is 1. The Morgan fingerprint density at radius 1 is 1.13 bits per heavy atom. The first-order valence-corrected chi connectivity index (χ1v) is 10.4. The van der Waals surface area contributed by atoms with Crippen molar-refractivity contribution >= 4 is 10.9 Å². The topological polar surface area (TPSA) is 73.1 Å². The van der Waals surface area contributed by atoms with Crippen molar-refractivity contribution in [3.63, 3.8) is 0 Å². The van der Waals surface area contributed by atoms with E-state index in [1.54, 1.807) is 13.3 Å². The van der Waals surface area contributed by atoms with Crippen LogP contribution >= 0.6 is 0 Å². The third kappa shape index (κ3) is 3.33. The average Bonchev–Trinajstić information content (AvgIpc) is 3.52. The van der Waals surface area contributed by atoms with Gasteiger partial charge in [0.15, 0.2) is 0 Å². The monoisotopic (exact) mass is 400 g/mol. The van der Waals surface area contributed by atoms with E-state index < -0.39 is 6.10 Å². The van der Waals surface area contributed by atoms with Crippen LogP contribution in [0.15, 0.2) is 55.0 Å². The van der Waals surface area contributed by atoms with E-state index in [0.717, 1.165) is 51.8 Å². The minimum absolute atomic E-state index is 0.465. The Morgan fingerprint density at radius 2 is 1.93 bits per heavy atom. The summed E-state index contributed by atoms with van der Waals surface area (Å²) in [5.74, 6) is 0.654. The number of ether oxygens (including phenoxy) is 1. The molecule has 4 aromatic rings. The van der Waals surface area contributed by atoms with Gasteiger partial charge in [-0.15, -0.1) is 0 Å². The van der Waals surface area contributed by atoms with Crippen LogP contribution in [0.3, 0.4) is 0 Å². The second-order valence-electron chi connectivity index (χ2n) is 7.71. The predicted octanol–water partition coefficient (Wildman–Crippen LogP) is 4.95. The summed E-state index contributed by atoms with van der Waals surface area (Å²) < 4.78 is 7.82. The van der Waals surface area contributed by atoms with Gasteiger partial charge in [0.25, 0.3) is 0 Å². The second-order valence-corrected chi connectivity index (χ2v) is 7.71. The minimum Gasteiger partial charge on any atom is -0.493 e. The maximum Gasteiger partial charge on any atom is 0.127 e. The van der Waals surface area contributed by atoms with E-state index in [0.29, 0.717) is 18.4 Å². The molecular weight excluding hydrogens is 376 g/mol. The number of hydrogen-bond acceptors (Lipinski definition) is 5. The Kier molecular flexibility index (Phi) is 4.71. The Hall–Kier alpha value is -3.25. The zero-order chi connectivity index (χ0) is 20.7. The summed E-state index contributed by atoms with van der Waals surface area (Å²) in [5.41, 5.74) is 5.27. The summed E-state index contributed by atoms with van der Waals surface area (Å²) >= 11 is 0. The molecular formula is C24H24N4O2. The zero-order valence-corrected chi connectivity index (χ0v) is 17.1. The van der Waals surface area contributed by atoms with E-state index in [1.165, 1.54) is 0 Å². The van der Waals surface area contributed by atoms with Crippen LogP contribution in [0.25, 0.3) is 33.4 Å². The molecule has 1 aliphatic carbocycles. The molecule has 0 saturated heterocycles. The molecule has 0 radical (unpaired) electrons. The van der Waals surface area contributed by atoms with Crippen LogP contribution in [0, 0.1) is 0 Å². The summed E-state index contributed by atoms with van der Waals surface area (Å²) in [6.07, 6.45) is 5.33. The average molecular weight is 400 g/mol. The molecule has 0 amide bonds. The number of aliphatic hydroxyl groups is 1. The summed E-state index contributed by atoms with van der Waals surface area (Å²) in [6.45, 7) is 4.20. The lowest BCUT2D eigenvalue weighted by molar-refractivity contribution is 0.192. The van der Waals surface area contributed by atoms with Gasteiger partial charge in [-0.25, -0.2) is 9.97 Å². The zero-order valence-electron chi connectivity index (χ0n) is 17.1. The predicted molar refractivity (Wildman–Crippen MR) is 116 cm³/mol. The molecule has 5 rings (SSSR count). The molecule has 2 heterocycles. The molecule has 0 unspecified atom stereocenters. The number of aromatic nitrogens is 4. The van der Waals surface area contributed by atoms with Crippen molar-refractivity contribution in [2.24, 2.45) is 0 Å². The van der Waals surface area contributed by atoms with E-state index in [1.807, 2.05) is 37.3 Å². The Bertz CT molecular complexity index is 1200. The maximum atomic E-state index is 10.3. The molecule has 0 spiro atoms. The highest BCUT2D eigenvalue weighted by Gasteiger charge is 2.27. The first kappa shape index (κ1) is 18.8. The third-order valence-corrected chi connectivity index (χ3v) is 5.47. The fourth-order valence-electron chi connectivity index (χ4n) is 3.82. The van der Waals surface area contributed by atoms with Crippen molar-refractivity contribution in [2.45, 2.75) is 38.8 Å². The fraction of sp³-hybridized carbons (Fsp3) is 0.292. The van der Waals surface area contributed by atoms with Crippen LogP contribution in [-0.4, -0.2) is 31.5 Å². The Balaban J connectivity index is 1.74. The standard InChI is InChI=1S/C24H24N4O2/c1-3-30-22-12-21-19(11-18(22)15(2)29)24(26-14-25-21)20-13-28(17-9-10-17)27-23(20)16-7-5-4-6-8-16/h4-8,11-15,17,29H,3,9-10H2,1-2H3/t15-/m1/s1. The third-order valence-electron chi connectivity index (χ3n) is 5.47. The van der Waals surface area contributed by atoms with Crippen molar-refractivity contribution in [1.29, 1.82) is 0 Å². The normalized spacial score (nSPS) is 14.8. The lowest BCUT2D eigenvalue weighted by atomic mass is 10.00. The van der Waals surface area contributed by atoms with Gasteiger partial charge >= 0.3 is 0 Å². The molecule has 1 saturated carbocycles. The van der Waals surface area contributed by atoms with Crippen LogP contribution in [0.2, 0.25) is 0 Å². The summed E-state index contributed by atoms with van der Waals surface area (Å²) in [7, 11) is 0. The van der Waals surface area contributed by atoms with E-state index in [2.05, 4.69) is 33.0 Å². The SMILES string of the molecule is CCOc1cc2ncnc(-c3cn(C4CC4)nc3-c3ccccc3)c2cc1[C@@H](C)O. The van der Waals surface area contributed by atoms with Crippen LogP contribution in [0.4, 0.5) is 0 Å². The first-order valence-electron chi connectivity index (χ1n) is 10.4. The quantitative estimate of drug-likeness (QED) is 0.496. The highest BCUT2D eigenvalue weighted by molar-refractivity contribution is 5.97. The van der Waals surface area contributed by atoms with Crippen molar-refractivity contribution in [2.75, 3.05) is 6.61 Å². The van der Waals surface area contributed by atoms with Crippen LogP contribution in [0.5, 0.6) is 5.75 Å². The Labute approximate surface area is 175 Å². The number of aliphatic hydroxyl groups excluding tert-OH is 1. The van der Waals surface area contributed by atoms with Crippen molar-refractivity contribution in [1.82, 2.24) is 19.7 Å². The maximum absolute atomic E-state index is 10.3. The van der Waals surface area contributed by atoms with Gasteiger partial charge in [0.1, 0.15) is 17.8 Å². The molecule has 1 aliphatic rings. The highest BCUT2D eigenvalue weighted by atomic mass is 16.5. The number of benzene rings is 2. The van der Waals surface area contributed by atoms with Crippen LogP contribution < -0.4 is 4.74 Å². The molecule has 6 nitrogen and oxygen atoms in total. The van der Waals surface area contributed by atoms with Gasteiger partial charge in [0.05, 0.1) is 30.0 Å². The van der Waals surface area contributed by atoms with Crippen molar-refractivity contribution < 1.29 is 9.84 Å². The second kappa shape index (κ2) is 7.54. The van der Waals surface area contributed by atoms with Gasteiger partial charge in [-0.2, -0.15) is 5.10 Å². The molecule has 1 atom stereocenters. The number of rotatable bonds is 6. The van der Waals surface area contributed by atoms with Crippen LogP contribution in [0.1, 0.15) is 44.4 Å². The molecule has 6 heteroatoms. The van der Waals surface area contributed by atoms with Crippen LogP contribution in [-0.2, 0) is 0 Å². The van der Waals surface area contributed by atoms with Crippen molar-refractivity contribution in [3.05, 3.63) is 60.6 Å².